The number of rotatable bonds is 7. The Labute approximate surface area is 192 Å². The maximum atomic E-state index is 14.1. The molecule has 0 saturated carbocycles. The van der Waals surface area contributed by atoms with Crippen LogP contribution in [0.25, 0.3) is 0 Å². The van der Waals surface area contributed by atoms with Crippen LogP contribution in [0.3, 0.4) is 0 Å². The summed E-state index contributed by atoms with van der Waals surface area (Å²) >= 11 is 0. The molecule has 3 rings (SSSR count). The van der Waals surface area contributed by atoms with E-state index in [0.717, 1.165) is 6.42 Å². The van der Waals surface area contributed by atoms with Crippen molar-refractivity contribution < 1.29 is 23.2 Å². The number of benzene rings is 2. The van der Waals surface area contributed by atoms with Crippen molar-refractivity contribution in [2.24, 2.45) is 5.92 Å². The van der Waals surface area contributed by atoms with Crippen molar-refractivity contribution in [3.05, 3.63) is 71.3 Å². The van der Waals surface area contributed by atoms with Crippen LogP contribution >= 0.6 is 0 Å². The molecule has 0 unspecified atom stereocenters. The van der Waals surface area contributed by atoms with Crippen molar-refractivity contribution in [1.29, 1.82) is 0 Å². The van der Waals surface area contributed by atoms with Crippen molar-refractivity contribution in [1.82, 2.24) is 15.5 Å². The van der Waals surface area contributed by atoms with Gasteiger partial charge >= 0.3 is 0 Å². The fourth-order valence-corrected chi connectivity index (χ4v) is 3.91. The van der Waals surface area contributed by atoms with Gasteiger partial charge in [-0.3, -0.25) is 14.4 Å². The Bertz CT molecular complexity index is 989. The normalized spacial score (nSPS) is 16.1. The van der Waals surface area contributed by atoms with Crippen LogP contribution in [0.4, 0.5) is 8.78 Å². The van der Waals surface area contributed by atoms with Crippen LogP contribution in [0.15, 0.2) is 48.5 Å². The molecule has 0 aliphatic carbocycles. The molecule has 0 bridgehead atoms. The third-order valence-corrected chi connectivity index (χ3v) is 6.08. The van der Waals surface area contributed by atoms with E-state index in [4.69, 9.17) is 0 Å². The third-order valence-electron chi connectivity index (χ3n) is 6.08. The number of amides is 3. The fourth-order valence-electron chi connectivity index (χ4n) is 3.91. The Morgan fingerprint density at radius 1 is 1.00 bits per heavy atom. The number of nitrogens with one attached hydrogen (secondary N) is 2. The summed E-state index contributed by atoms with van der Waals surface area (Å²) in [6, 6.07) is 10.1. The maximum absolute atomic E-state index is 14.1. The highest BCUT2D eigenvalue weighted by Gasteiger charge is 2.35. The minimum absolute atomic E-state index is 0.0782. The molecule has 1 fully saturated rings. The molecular formula is C25H29F2N3O3. The van der Waals surface area contributed by atoms with Crippen LogP contribution in [0.5, 0.6) is 0 Å². The minimum Gasteiger partial charge on any atom is -0.352 e. The number of likely N-dealkylation sites (tertiary alicyclic amines) is 1. The van der Waals surface area contributed by atoms with Crippen LogP contribution < -0.4 is 10.6 Å². The zero-order valence-electron chi connectivity index (χ0n) is 18.8. The van der Waals surface area contributed by atoms with Gasteiger partial charge in [0.1, 0.15) is 17.7 Å². The van der Waals surface area contributed by atoms with Gasteiger partial charge in [-0.2, -0.15) is 0 Å². The topological polar surface area (TPSA) is 78.5 Å². The van der Waals surface area contributed by atoms with E-state index >= 15 is 0 Å². The largest absolute Gasteiger partial charge is 0.352 e. The molecule has 2 aromatic carbocycles. The lowest BCUT2D eigenvalue weighted by atomic mass is 9.88. The first kappa shape index (κ1) is 24.4. The Morgan fingerprint density at radius 2 is 1.64 bits per heavy atom. The molecule has 0 radical (unpaired) electrons. The van der Waals surface area contributed by atoms with E-state index in [-0.39, 0.29) is 29.3 Å². The average Bonchev–Trinajstić information content (AvgIpc) is 2.82. The predicted octanol–water partition coefficient (Wildman–Crippen LogP) is 3.53. The van der Waals surface area contributed by atoms with E-state index in [1.807, 2.05) is 13.8 Å². The summed E-state index contributed by atoms with van der Waals surface area (Å²) in [7, 11) is 0. The summed E-state index contributed by atoms with van der Waals surface area (Å²) in [6.45, 7) is 4.60. The summed E-state index contributed by atoms with van der Waals surface area (Å²) in [6.07, 6.45) is 1.70. The molecule has 176 valence electrons. The Morgan fingerprint density at radius 3 is 2.24 bits per heavy atom. The summed E-state index contributed by atoms with van der Waals surface area (Å²) < 4.78 is 27.3. The summed E-state index contributed by atoms with van der Waals surface area (Å²) in [4.78, 5) is 40.1. The van der Waals surface area contributed by atoms with Gasteiger partial charge < -0.3 is 15.5 Å². The van der Waals surface area contributed by atoms with Gasteiger partial charge in [-0.1, -0.05) is 19.1 Å². The van der Waals surface area contributed by atoms with Gasteiger partial charge in [-0.15, -0.1) is 0 Å². The Hall–Kier alpha value is -3.29. The van der Waals surface area contributed by atoms with Gasteiger partial charge in [0.2, 0.25) is 5.91 Å². The SMILES string of the molecule is CC[C@H](C)NC(=O)[C@H](NC(=O)c1ccccc1F)C1CCN(C(=O)c2ccc(F)cc2)CC1. The first-order valence-electron chi connectivity index (χ1n) is 11.2. The molecule has 3 amide bonds. The van der Waals surface area contributed by atoms with Gasteiger partial charge in [0.15, 0.2) is 0 Å². The molecule has 2 N–H and O–H groups in total. The number of piperidine rings is 1. The molecule has 0 spiro atoms. The number of halogens is 2. The Balaban J connectivity index is 1.71. The summed E-state index contributed by atoms with van der Waals surface area (Å²) in [5.74, 6) is -2.46. The monoisotopic (exact) mass is 457 g/mol. The molecule has 2 atom stereocenters. The van der Waals surface area contributed by atoms with Crippen LogP contribution in [0.2, 0.25) is 0 Å². The van der Waals surface area contributed by atoms with Gasteiger partial charge in [-0.25, -0.2) is 8.78 Å². The lowest BCUT2D eigenvalue weighted by molar-refractivity contribution is -0.125. The highest BCUT2D eigenvalue weighted by molar-refractivity contribution is 5.98. The first-order valence-corrected chi connectivity index (χ1v) is 11.2. The second-order valence-electron chi connectivity index (χ2n) is 8.39. The van der Waals surface area contributed by atoms with E-state index < -0.39 is 23.6 Å². The number of hydrogen-bond donors (Lipinski definition) is 2. The number of hydrogen-bond acceptors (Lipinski definition) is 3. The lowest BCUT2D eigenvalue weighted by Gasteiger charge is -2.36. The van der Waals surface area contributed by atoms with E-state index in [9.17, 15) is 23.2 Å². The van der Waals surface area contributed by atoms with Crippen molar-refractivity contribution in [2.75, 3.05) is 13.1 Å². The second kappa shape index (κ2) is 11.0. The van der Waals surface area contributed by atoms with Gasteiger partial charge in [0.05, 0.1) is 5.56 Å². The molecule has 0 aromatic heterocycles. The van der Waals surface area contributed by atoms with Crippen molar-refractivity contribution in [2.45, 2.75) is 45.2 Å². The lowest BCUT2D eigenvalue weighted by Crippen LogP contribution is -2.55. The van der Waals surface area contributed by atoms with Crippen molar-refractivity contribution >= 4 is 17.7 Å². The van der Waals surface area contributed by atoms with Crippen LogP contribution in [-0.2, 0) is 4.79 Å². The molecule has 8 heteroatoms. The molecule has 2 aromatic rings. The zero-order chi connectivity index (χ0) is 24.0. The van der Waals surface area contributed by atoms with Gasteiger partial charge in [0, 0.05) is 24.7 Å². The second-order valence-corrected chi connectivity index (χ2v) is 8.39. The van der Waals surface area contributed by atoms with Crippen LogP contribution in [0, 0.1) is 17.6 Å². The van der Waals surface area contributed by atoms with Gasteiger partial charge in [-0.05, 0) is 68.5 Å². The van der Waals surface area contributed by atoms with E-state index in [2.05, 4.69) is 10.6 Å². The van der Waals surface area contributed by atoms with E-state index in [0.29, 0.717) is 31.5 Å². The highest BCUT2D eigenvalue weighted by Crippen LogP contribution is 2.23. The number of carbonyl (C=O) groups excluding carboxylic acids is 3. The van der Waals surface area contributed by atoms with Gasteiger partial charge in [0.25, 0.3) is 11.8 Å². The molecular weight excluding hydrogens is 428 g/mol. The predicted molar refractivity (Wildman–Crippen MR) is 121 cm³/mol. The smallest absolute Gasteiger partial charge is 0.254 e. The average molecular weight is 458 g/mol. The molecule has 6 nitrogen and oxygen atoms in total. The molecule has 33 heavy (non-hydrogen) atoms. The first-order chi connectivity index (χ1) is 15.8. The van der Waals surface area contributed by atoms with E-state index in [1.54, 1.807) is 11.0 Å². The maximum Gasteiger partial charge on any atom is 0.254 e. The molecule has 1 aliphatic heterocycles. The van der Waals surface area contributed by atoms with Crippen molar-refractivity contribution in [3.8, 4) is 0 Å². The summed E-state index contributed by atoms with van der Waals surface area (Å²) in [5, 5.41) is 5.62. The number of nitrogens with zero attached hydrogens (tertiary/aromatic N) is 1. The zero-order valence-corrected chi connectivity index (χ0v) is 18.8. The minimum atomic E-state index is -0.853. The standard InChI is InChI=1S/C25H29F2N3O3/c1-3-16(2)28-24(32)22(29-23(31)20-6-4-5-7-21(20)27)17-12-14-30(15-13-17)25(33)18-8-10-19(26)11-9-18/h4-11,16-17,22H,3,12-15H2,1-2H3,(H,28,32)(H,29,31)/t16-,22+/m0/s1. The quantitative estimate of drug-likeness (QED) is 0.668. The number of carbonyl (C=O) groups is 3. The molecule has 1 heterocycles. The Kier molecular flexibility index (Phi) is 8.14. The van der Waals surface area contributed by atoms with Crippen molar-refractivity contribution in [3.63, 3.8) is 0 Å². The third kappa shape index (κ3) is 6.15. The molecule has 1 aliphatic rings. The van der Waals surface area contributed by atoms with Crippen LogP contribution in [-0.4, -0.2) is 47.8 Å². The summed E-state index contributed by atoms with van der Waals surface area (Å²) in [5.41, 5.74) is 0.275. The van der Waals surface area contributed by atoms with Crippen LogP contribution in [0.1, 0.15) is 53.8 Å². The molecule has 1 saturated heterocycles. The fraction of sp³-hybridized carbons (Fsp3) is 0.400. The van der Waals surface area contributed by atoms with E-state index in [1.165, 1.54) is 42.5 Å². The highest BCUT2D eigenvalue weighted by atomic mass is 19.1.